The second-order valence-corrected chi connectivity index (χ2v) is 19.1. The highest BCUT2D eigenvalue weighted by atomic mass is 32.1. The first-order valence-electron chi connectivity index (χ1n) is 22.6. The second kappa shape index (κ2) is 22.3. The van der Waals surface area contributed by atoms with Gasteiger partial charge in [-0.15, -0.1) is 11.3 Å². The number of thiazole rings is 1. The van der Waals surface area contributed by atoms with Crippen LogP contribution in [0.2, 0.25) is 0 Å². The Morgan fingerprint density at radius 2 is 1.58 bits per heavy atom. The number of fused-ring (bicyclic) bond motifs is 1. The van der Waals surface area contributed by atoms with Gasteiger partial charge in [0.05, 0.1) is 39.8 Å². The number of aliphatic hydroxyl groups is 1. The van der Waals surface area contributed by atoms with Crippen LogP contribution in [-0.4, -0.2) is 85.8 Å². The fraction of sp³-hybridized carbons (Fsp3) is 0.429. The molecule has 18 heteroatoms. The number of nitrogen functional groups attached to an aromatic ring is 2. The number of nitrogens with two attached hydrogens (primary N) is 2. The summed E-state index contributed by atoms with van der Waals surface area (Å²) >= 11 is 1.57. The Labute approximate surface area is 393 Å². The first kappa shape index (κ1) is 49.9. The Bertz CT molecular complexity index is 2600. The summed E-state index contributed by atoms with van der Waals surface area (Å²) < 4.78 is 15.3. The van der Waals surface area contributed by atoms with Crippen molar-refractivity contribution in [3.05, 3.63) is 83.1 Å². The fourth-order valence-corrected chi connectivity index (χ4v) is 8.91. The van der Waals surface area contributed by atoms with E-state index in [4.69, 9.17) is 11.5 Å². The summed E-state index contributed by atoms with van der Waals surface area (Å²) in [6, 6.07) is 9.28. The molecule has 3 aromatic heterocycles. The number of unbranched alkanes of at least 4 members (excludes halogenated alkanes) is 4. The van der Waals surface area contributed by atoms with Gasteiger partial charge in [0, 0.05) is 74.2 Å². The van der Waals surface area contributed by atoms with Crippen molar-refractivity contribution in [2.75, 3.05) is 29.9 Å². The number of β-amino-alcohol motifs (C(OH)–C–C–N with tert-alkyl or cyclic N) is 1. The molecule has 0 bridgehead atoms. The lowest BCUT2D eigenvalue weighted by Crippen LogP contribution is -2.57. The Balaban J connectivity index is 0.871. The number of rotatable bonds is 19. The predicted molar refractivity (Wildman–Crippen MR) is 259 cm³/mol. The van der Waals surface area contributed by atoms with Gasteiger partial charge in [-0.2, -0.15) is 0 Å². The summed E-state index contributed by atoms with van der Waals surface area (Å²) in [6.07, 6.45) is 7.71. The number of likely N-dealkylation sites (tertiary alicyclic amines) is 1. The third-order valence-corrected chi connectivity index (χ3v) is 13.0. The smallest absolute Gasteiger partial charge is 0.246 e. The molecule has 1 fully saturated rings. The molecule has 0 unspecified atom stereocenters. The van der Waals surface area contributed by atoms with E-state index in [0.717, 1.165) is 41.0 Å². The molecule has 356 valence electrons. The zero-order valence-corrected chi connectivity index (χ0v) is 39.5. The van der Waals surface area contributed by atoms with Crippen LogP contribution in [0.1, 0.15) is 95.4 Å². The topological polar surface area (TPSA) is 248 Å². The SMILES string of the molecule is Cc1ncsc1-c1ccc(CNC(=O)[C@@H]2C[C@@H](O)CN2C(=O)[C@@H](NC(=O)CCCCCCCC(=O)NCCC(=O)Nc2cc3cc(-c4cncc(N)c4C)c(F)c(N)c3cn2)C(C)(C)C)cc1. The van der Waals surface area contributed by atoms with Gasteiger partial charge in [0.15, 0.2) is 5.82 Å². The number of anilines is 3. The number of aromatic nitrogens is 3. The quantitative estimate of drug-likeness (QED) is 0.0356. The molecule has 67 heavy (non-hydrogen) atoms. The lowest BCUT2D eigenvalue weighted by atomic mass is 9.85. The van der Waals surface area contributed by atoms with E-state index in [9.17, 15) is 29.1 Å². The van der Waals surface area contributed by atoms with E-state index < -0.39 is 35.3 Å². The Morgan fingerprint density at radius 1 is 0.881 bits per heavy atom. The highest BCUT2D eigenvalue weighted by Crippen LogP contribution is 2.36. The molecule has 3 atom stereocenters. The maximum Gasteiger partial charge on any atom is 0.246 e. The van der Waals surface area contributed by atoms with Crippen LogP contribution in [0.4, 0.5) is 21.6 Å². The number of carbonyl (C=O) groups excluding carboxylic acids is 5. The molecule has 1 aliphatic heterocycles. The summed E-state index contributed by atoms with van der Waals surface area (Å²) in [5.41, 5.74) is 17.9. The molecule has 6 rings (SSSR count). The van der Waals surface area contributed by atoms with Crippen LogP contribution in [0, 0.1) is 25.1 Å². The van der Waals surface area contributed by atoms with Gasteiger partial charge in [0.1, 0.15) is 17.9 Å². The van der Waals surface area contributed by atoms with Crippen molar-refractivity contribution in [1.29, 1.82) is 0 Å². The van der Waals surface area contributed by atoms with Crippen molar-refractivity contribution >= 4 is 68.8 Å². The number of hydrogen-bond donors (Lipinski definition) is 7. The van der Waals surface area contributed by atoms with E-state index in [1.165, 1.54) is 23.5 Å². The van der Waals surface area contributed by atoms with Crippen LogP contribution in [0.15, 0.2) is 60.5 Å². The number of nitrogens with zero attached hydrogens (tertiary/aromatic N) is 4. The molecule has 2 aromatic carbocycles. The minimum Gasteiger partial charge on any atom is -0.397 e. The molecule has 0 radical (unpaired) electrons. The third kappa shape index (κ3) is 12.9. The van der Waals surface area contributed by atoms with Crippen LogP contribution < -0.4 is 32.7 Å². The van der Waals surface area contributed by atoms with Gasteiger partial charge in [-0.05, 0) is 66.3 Å². The minimum atomic E-state index is -0.910. The highest BCUT2D eigenvalue weighted by molar-refractivity contribution is 7.13. The standard InChI is InChI=1S/C49H61FN10O6S/c1-28-35(23-53-25-37(28)51)34-19-32-20-39(55-24-36(32)44(52)43(34)50)58-42(64)17-18-54-40(62)11-9-7-6-8-10-12-41(63)59-46(49(3,4)5)48(66)60-26-33(61)21-38(60)47(65)56-22-30-13-15-31(16-14-30)45-29(2)57-27-67-45/h13-16,19-20,23-25,27,33,38,46,61H,6-12,17-18,21-22,26,51-52H2,1-5H3,(H,54,62)(H,56,65)(H,59,63)(H,55,58,64)/t33-,38+,46-/m1/s1. The van der Waals surface area contributed by atoms with Crippen LogP contribution in [0.3, 0.4) is 0 Å². The average molecular weight is 937 g/mol. The molecule has 16 nitrogen and oxygen atoms in total. The van der Waals surface area contributed by atoms with Crippen LogP contribution in [0.25, 0.3) is 32.3 Å². The van der Waals surface area contributed by atoms with Gasteiger partial charge in [0.2, 0.25) is 29.5 Å². The molecule has 9 N–H and O–H groups in total. The fourth-order valence-electron chi connectivity index (χ4n) is 8.10. The molecule has 0 spiro atoms. The molecule has 5 amide bonds. The Kier molecular flexibility index (Phi) is 16.6. The average Bonchev–Trinajstić information content (AvgIpc) is 3.91. The molecule has 0 aliphatic carbocycles. The number of halogens is 1. The van der Waals surface area contributed by atoms with Crippen molar-refractivity contribution in [3.63, 3.8) is 0 Å². The molecule has 0 saturated carbocycles. The van der Waals surface area contributed by atoms with Crippen LogP contribution in [0.5, 0.6) is 0 Å². The van der Waals surface area contributed by atoms with Crippen molar-refractivity contribution in [1.82, 2.24) is 35.8 Å². The van der Waals surface area contributed by atoms with E-state index in [-0.39, 0.29) is 86.0 Å². The number of carbonyl (C=O) groups is 5. The van der Waals surface area contributed by atoms with Crippen molar-refractivity contribution in [3.8, 4) is 21.6 Å². The number of hydrogen-bond acceptors (Lipinski definition) is 12. The first-order valence-corrected chi connectivity index (χ1v) is 23.5. The summed E-state index contributed by atoms with van der Waals surface area (Å²) in [7, 11) is 0. The first-order chi connectivity index (χ1) is 31.9. The summed E-state index contributed by atoms with van der Waals surface area (Å²) in [6.45, 7) is 9.66. The second-order valence-electron chi connectivity index (χ2n) is 18.2. The van der Waals surface area contributed by atoms with Gasteiger partial charge < -0.3 is 42.7 Å². The van der Waals surface area contributed by atoms with Gasteiger partial charge in [-0.1, -0.05) is 64.3 Å². The van der Waals surface area contributed by atoms with E-state index >= 15 is 4.39 Å². The van der Waals surface area contributed by atoms with Crippen molar-refractivity contribution in [2.45, 2.75) is 117 Å². The Morgan fingerprint density at radius 3 is 2.27 bits per heavy atom. The molecular weight excluding hydrogens is 876 g/mol. The van der Waals surface area contributed by atoms with Crippen molar-refractivity contribution in [2.24, 2.45) is 5.41 Å². The highest BCUT2D eigenvalue weighted by Gasteiger charge is 2.44. The van der Waals surface area contributed by atoms with Gasteiger partial charge >= 0.3 is 0 Å². The molecule has 1 saturated heterocycles. The van der Waals surface area contributed by atoms with E-state index in [2.05, 4.69) is 36.2 Å². The van der Waals surface area contributed by atoms with Gasteiger partial charge in [0.25, 0.3) is 0 Å². The van der Waals surface area contributed by atoms with Gasteiger partial charge in [-0.25, -0.2) is 14.4 Å². The largest absolute Gasteiger partial charge is 0.397 e. The van der Waals surface area contributed by atoms with Crippen molar-refractivity contribution < 1.29 is 33.5 Å². The number of aliphatic hydroxyl groups excluding tert-OH is 1. The monoisotopic (exact) mass is 936 g/mol. The maximum atomic E-state index is 15.3. The minimum absolute atomic E-state index is 0.00667. The zero-order chi connectivity index (χ0) is 48.4. The van der Waals surface area contributed by atoms with E-state index in [1.54, 1.807) is 35.9 Å². The number of nitrogens with one attached hydrogen (secondary N) is 4. The summed E-state index contributed by atoms with van der Waals surface area (Å²) in [4.78, 5) is 80.8. The molecule has 5 aromatic rings. The third-order valence-electron chi connectivity index (χ3n) is 12.0. The predicted octanol–water partition coefficient (Wildman–Crippen LogP) is 6.33. The van der Waals surface area contributed by atoms with E-state index in [0.29, 0.717) is 40.4 Å². The Hall–Kier alpha value is -6.53. The normalized spacial score (nSPS) is 15.3. The number of benzene rings is 2. The van der Waals surface area contributed by atoms with E-state index in [1.807, 2.05) is 52.0 Å². The summed E-state index contributed by atoms with van der Waals surface area (Å²) in [5.74, 6) is -1.96. The lowest BCUT2D eigenvalue weighted by molar-refractivity contribution is -0.144. The molecule has 1 aliphatic rings. The molecular formula is C49H61FN10O6S. The maximum absolute atomic E-state index is 15.3. The lowest BCUT2D eigenvalue weighted by Gasteiger charge is -2.35. The molecule has 4 heterocycles. The van der Waals surface area contributed by atoms with Gasteiger partial charge in [-0.3, -0.25) is 29.0 Å². The number of amides is 5. The zero-order valence-electron chi connectivity index (χ0n) is 38.7. The number of aryl methyl sites for hydroxylation is 1. The summed E-state index contributed by atoms with van der Waals surface area (Å²) in [5, 5.41) is 22.8. The van der Waals surface area contributed by atoms with Crippen LogP contribution in [-0.2, 0) is 30.5 Å². The number of pyridine rings is 2. The van der Waals surface area contributed by atoms with Crippen LogP contribution >= 0.6 is 11.3 Å².